The molecule has 0 unspecified atom stereocenters. The normalized spacial score (nSPS) is 12.3. The predicted octanol–water partition coefficient (Wildman–Crippen LogP) is 4.08. The number of rotatable bonds is 12. The van der Waals surface area contributed by atoms with Gasteiger partial charge in [-0.05, 0) is 65.9 Å². The van der Waals surface area contributed by atoms with Crippen LogP contribution in [0, 0.1) is 0 Å². The maximum Gasteiger partial charge on any atom is 0.240 e. The SMILES string of the molecule is C[C@H](CO)Nc1nc(Nc2cccc(S(=O)(=O)NCCCCc3ccccc3)c2)ncc1Br. The Labute approximate surface area is 203 Å². The van der Waals surface area contributed by atoms with E-state index in [4.69, 9.17) is 0 Å². The van der Waals surface area contributed by atoms with Crippen LogP contribution >= 0.6 is 15.9 Å². The molecule has 0 saturated heterocycles. The summed E-state index contributed by atoms with van der Waals surface area (Å²) in [7, 11) is -3.63. The lowest BCUT2D eigenvalue weighted by atomic mass is 10.1. The molecule has 8 nitrogen and oxygen atoms in total. The molecule has 33 heavy (non-hydrogen) atoms. The largest absolute Gasteiger partial charge is 0.394 e. The maximum absolute atomic E-state index is 12.7. The number of anilines is 3. The van der Waals surface area contributed by atoms with E-state index in [2.05, 4.69) is 53.4 Å². The summed E-state index contributed by atoms with van der Waals surface area (Å²) < 4.78 is 28.8. The Balaban J connectivity index is 1.58. The highest BCUT2D eigenvalue weighted by Gasteiger charge is 2.14. The minimum atomic E-state index is -3.63. The average Bonchev–Trinajstić information content (AvgIpc) is 2.82. The first-order valence-corrected chi connectivity index (χ1v) is 13.0. The van der Waals surface area contributed by atoms with E-state index in [1.165, 1.54) is 5.56 Å². The Kier molecular flexibility index (Phi) is 9.19. The van der Waals surface area contributed by atoms with Gasteiger partial charge in [-0.25, -0.2) is 18.1 Å². The molecule has 3 aromatic rings. The van der Waals surface area contributed by atoms with Gasteiger partial charge < -0.3 is 15.7 Å². The molecule has 0 bridgehead atoms. The monoisotopic (exact) mass is 533 g/mol. The number of aliphatic hydroxyl groups is 1. The van der Waals surface area contributed by atoms with Gasteiger partial charge in [-0.1, -0.05) is 36.4 Å². The Morgan fingerprint density at radius 2 is 1.88 bits per heavy atom. The number of hydrogen-bond acceptors (Lipinski definition) is 7. The van der Waals surface area contributed by atoms with Crippen LogP contribution in [0.4, 0.5) is 17.5 Å². The number of hydrogen-bond donors (Lipinski definition) is 4. The van der Waals surface area contributed by atoms with Crippen LogP contribution in [0.2, 0.25) is 0 Å². The molecule has 1 heterocycles. The van der Waals surface area contributed by atoms with Crippen molar-refractivity contribution < 1.29 is 13.5 Å². The van der Waals surface area contributed by atoms with Crippen molar-refractivity contribution in [2.24, 2.45) is 0 Å². The highest BCUT2D eigenvalue weighted by molar-refractivity contribution is 9.10. The standard InChI is InChI=1S/C23H28BrN5O3S/c1-17(16-30)27-22-21(24)15-25-23(29-22)28-19-11-7-12-20(14-19)33(31,32)26-13-6-5-10-18-8-3-2-4-9-18/h2-4,7-9,11-12,14-15,17,26,30H,5-6,10,13,16H2,1H3,(H2,25,27,28,29)/t17-/m1/s1. The van der Waals surface area contributed by atoms with Crippen LogP contribution in [0.3, 0.4) is 0 Å². The third-order valence-electron chi connectivity index (χ3n) is 4.83. The van der Waals surface area contributed by atoms with Gasteiger partial charge in [-0.3, -0.25) is 0 Å². The molecule has 1 aromatic heterocycles. The van der Waals surface area contributed by atoms with E-state index in [9.17, 15) is 13.5 Å². The van der Waals surface area contributed by atoms with Crippen molar-refractivity contribution in [3.8, 4) is 0 Å². The molecule has 1 atom stereocenters. The van der Waals surface area contributed by atoms with Crippen LogP contribution < -0.4 is 15.4 Å². The van der Waals surface area contributed by atoms with Gasteiger partial charge in [-0.2, -0.15) is 4.98 Å². The molecular formula is C23H28BrN5O3S. The average molecular weight is 534 g/mol. The van der Waals surface area contributed by atoms with Gasteiger partial charge in [-0.15, -0.1) is 0 Å². The summed E-state index contributed by atoms with van der Waals surface area (Å²) in [4.78, 5) is 8.77. The molecule has 0 radical (unpaired) electrons. The predicted molar refractivity (Wildman–Crippen MR) is 134 cm³/mol. The highest BCUT2D eigenvalue weighted by Crippen LogP contribution is 2.23. The van der Waals surface area contributed by atoms with Gasteiger partial charge in [0.2, 0.25) is 16.0 Å². The molecule has 4 N–H and O–H groups in total. The fourth-order valence-electron chi connectivity index (χ4n) is 3.07. The molecule has 0 saturated carbocycles. The van der Waals surface area contributed by atoms with Crippen molar-refractivity contribution in [1.82, 2.24) is 14.7 Å². The summed E-state index contributed by atoms with van der Waals surface area (Å²) in [6.45, 7) is 2.16. The second-order valence-electron chi connectivity index (χ2n) is 7.61. The molecule has 0 aliphatic heterocycles. The van der Waals surface area contributed by atoms with Crippen molar-refractivity contribution >= 4 is 43.4 Å². The summed E-state index contributed by atoms with van der Waals surface area (Å²) in [5, 5.41) is 15.3. The van der Waals surface area contributed by atoms with Crippen LogP contribution in [0.1, 0.15) is 25.3 Å². The van der Waals surface area contributed by atoms with Crippen molar-refractivity contribution in [1.29, 1.82) is 0 Å². The number of unbranched alkanes of at least 4 members (excludes halogenated alkanes) is 1. The molecule has 10 heteroatoms. The summed E-state index contributed by atoms with van der Waals surface area (Å²) in [6, 6.07) is 16.5. The van der Waals surface area contributed by atoms with Crippen molar-refractivity contribution in [3.05, 3.63) is 70.8 Å². The summed E-state index contributed by atoms with van der Waals surface area (Å²) in [5.41, 5.74) is 1.80. The van der Waals surface area contributed by atoms with Gasteiger partial charge in [0.05, 0.1) is 16.0 Å². The Morgan fingerprint density at radius 1 is 1.09 bits per heavy atom. The van der Waals surface area contributed by atoms with E-state index in [-0.39, 0.29) is 17.5 Å². The first-order chi connectivity index (χ1) is 15.9. The molecule has 0 aliphatic rings. The summed E-state index contributed by atoms with van der Waals surface area (Å²) in [5.74, 6) is 0.823. The number of nitrogens with one attached hydrogen (secondary N) is 3. The number of aryl methyl sites for hydroxylation is 1. The second-order valence-corrected chi connectivity index (χ2v) is 10.2. The van der Waals surface area contributed by atoms with Crippen LogP contribution in [-0.2, 0) is 16.4 Å². The van der Waals surface area contributed by atoms with Crippen molar-refractivity contribution in [2.45, 2.75) is 37.1 Å². The Morgan fingerprint density at radius 3 is 2.64 bits per heavy atom. The third-order valence-corrected chi connectivity index (χ3v) is 6.87. The number of aromatic nitrogens is 2. The molecule has 3 rings (SSSR count). The van der Waals surface area contributed by atoms with Crippen molar-refractivity contribution in [2.75, 3.05) is 23.8 Å². The quantitative estimate of drug-likeness (QED) is 0.259. The fraction of sp³-hybridized carbons (Fsp3) is 0.304. The number of benzene rings is 2. The molecule has 0 aliphatic carbocycles. The van der Waals surface area contributed by atoms with E-state index in [1.54, 1.807) is 30.5 Å². The lowest BCUT2D eigenvalue weighted by Crippen LogP contribution is -2.25. The number of nitrogens with zero attached hydrogens (tertiary/aromatic N) is 2. The lowest BCUT2D eigenvalue weighted by Gasteiger charge is -2.14. The van der Waals surface area contributed by atoms with Crippen molar-refractivity contribution in [3.63, 3.8) is 0 Å². The first-order valence-electron chi connectivity index (χ1n) is 10.7. The van der Waals surface area contributed by atoms with Crippen LogP contribution in [-0.4, -0.2) is 42.7 Å². The molecule has 0 amide bonds. The molecule has 0 fully saturated rings. The Hall–Kier alpha value is -2.53. The number of sulfonamides is 1. The molecule has 176 valence electrons. The minimum absolute atomic E-state index is 0.0433. The topological polar surface area (TPSA) is 116 Å². The van der Waals surface area contributed by atoms with E-state index < -0.39 is 10.0 Å². The smallest absolute Gasteiger partial charge is 0.240 e. The van der Waals surface area contributed by atoms with Crippen LogP contribution in [0.15, 0.2) is 70.2 Å². The van der Waals surface area contributed by atoms with Gasteiger partial charge >= 0.3 is 0 Å². The van der Waals surface area contributed by atoms with E-state index >= 15 is 0 Å². The van der Waals surface area contributed by atoms with Gasteiger partial charge in [0.1, 0.15) is 5.82 Å². The summed E-state index contributed by atoms with van der Waals surface area (Å²) in [6.07, 6.45) is 4.16. The number of halogens is 1. The lowest BCUT2D eigenvalue weighted by molar-refractivity contribution is 0.281. The molecule has 2 aromatic carbocycles. The maximum atomic E-state index is 12.7. The van der Waals surface area contributed by atoms with Gasteiger partial charge in [0.15, 0.2) is 0 Å². The second kappa shape index (κ2) is 12.1. The van der Waals surface area contributed by atoms with E-state index in [0.29, 0.717) is 28.5 Å². The zero-order valence-electron chi connectivity index (χ0n) is 18.3. The van der Waals surface area contributed by atoms with E-state index in [1.807, 2.05) is 25.1 Å². The van der Waals surface area contributed by atoms with Gasteiger partial charge in [0, 0.05) is 24.5 Å². The first kappa shape index (κ1) is 25.1. The molecule has 0 spiro atoms. The van der Waals surface area contributed by atoms with Crippen LogP contribution in [0.25, 0.3) is 0 Å². The third kappa shape index (κ3) is 7.78. The van der Waals surface area contributed by atoms with E-state index in [0.717, 1.165) is 19.3 Å². The van der Waals surface area contributed by atoms with Gasteiger partial charge in [0.25, 0.3) is 0 Å². The Bertz CT molecular complexity index is 1150. The summed E-state index contributed by atoms with van der Waals surface area (Å²) >= 11 is 3.38. The molecular weight excluding hydrogens is 506 g/mol. The highest BCUT2D eigenvalue weighted by atomic mass is 79.9. The van der Waals surface area contributed by atoms with Crippen LogP contribution in [0.5, 0.6) is 0 Å². The fourth-order valence-corrected chi connectivity index (χ4v) is 4.49. The number of aliphatic hydroxyl groups excluding tert-OH is 1. The zero-order chi connectivity index (χ0) is 23.7. The minimum Gasteiger partial charge on any atom is -0.394 e. The zero-order valence-corrected chi connectivity index (χ0v) is 20.7.